The van der Waals surface area contributed by atoms with Gasteiger partial charge in [0.25, 0.3) is 0 Å². The van der Waals surface area contributed by atoms with Crippen LogP contribution >= 0.6 is 12.4 Å². The number of fused-ring (bicyclic) bond motifs is 1. The highest BCUT2D eigenvalue weighted by atomic mass is 35.5. The van der Waals surface area contributed by atoms with E-state index in [-0.39, 0.29) is 12.4 Å². The molecule has 0 bridgehead atoms. The SMILES string of the molecule is CC1CN(C(=O)C2C3CCCC32)CC(C)N1.Cl. The minimum atomic E-state index is 0. The van der Waals surface area contributed by atoms with E-state index >= 15 is 0 Å². The maximum atomic E-state index is 12.4. The summed E-state index contributed by atoms with van der Waals surface area (Å²) >= 11 is 0. The standard InChI is InChI=1S/C13H22N2O.ClH/c1-8-6-15(7-9(2)14-8)13(16)12-10-4-3-5-11(10)12;/h8-12,14H,3-7H2,1-2H3;1H. The summed E-state index contributed by atoms with van der Waals surface area (Å²) in [5, 5.41) is 3.48. The van der Waals surface area contributed by atoms with Gasteiger partial charge in [-0.1, -0.05) is 6.42 Å². The minimum Gasteiger partial charge on any atom is -0.339 e. The lowest BCUT2D eigenvalue weighted by Gasteiger charge is -2.36. The van der Waals surface area contributed by atoms with E-state index in [9.17, 15) is 4.79 Å². The summed E-state index contributed by atoms with van der Waals surface area (Å²) in [7, 11) is 0. The first kappa shape index (κ1) is 13.2. The molecule has 1 amide bonds. The van der Waals surface area contributed by atoms with Crippen molar-refractivity contribution in [3.8, 4) is 0 Å². The molecule has 3 fully saturated rings. The second-order valence-corrected chi connectivity index (χ2v) is 6.00. The first-order valence-corrected chi connectivity index (χ1v) is 6.71. The highest BCUT2D eigenvalue weighted by molar-refractivity contribution is 5.85. The highest BCUT2D eigenvalue weighted by Gasteiger charge is 2.57. The van der Waals surface area contributed by atoms with E-state index in [2.05, 4.69) is 24.1 Å². The van der Waals surface area contributed by atoms with Crippen LogP contribution in [0.3, 0.4) is 0 Å². The van der Waals surface area contributed by atoms with E-state index in [1.54, 1.807) is 0 Å². The summed E-state index contributed by atoms with van der Waals surface area (Å²) in [6, 6.07) is 0.901. The maximum absolute atomic E-state index is 12.4. The molecule has 0 aromatic carbocycles. The molecule has 2 aliphatic carbocycles. The van der Waals surface area contributed by atoms with Gasteiger partial charge in [0.1, 0.15) is 0 Å². The van der Waals surface area contributed by atoms with Crippen molar-refractivity contribution >= 4 is 18.3 Å². The average molecular weight is 259 g/mol. The molecule has 3 aliphatic rings. The number of piperazine rings is 1. The number of nitrogens with one attached hydrogen (secondary N) is 1. The Labute approximate surface area is 110 Å². The van der Waals surface area contributed by atoms with Crippen LogP contribution in [0.15, 0.2) is 0 Å². The lowest BCUT2D eigenvalue weighted by Crippen LogP contribution is -2.56. The third kappa shape index (κ3) is 2.32. The van der Waals surface area contributed by atoms with Crippen molar-refractivity contribution < 1.29 is 4.79 Å². The molecule has 0 aromatic rings. The third-order valence-electron chi connectivity index (χ3n) is 4.56. The Hall–Kier alpha value is -0.280. The second-order valence-electron chi connectivity index (χ2n) is 6.00. The zero-order valence-corrected chi connectivity index (χ0v) is 11.5. The lowest BCUT2D eigenvalue weighted by molar-refractivity contribution is -0.135. The Bertz CT molecular complexity index is 290. The summed E-state index contributed by atoms with van der Waals surface area (Å²) in [6.45, 7) is 6.14. The highest BCUT2D eigenvalue weighted by Crippen LogP contribution is 2.58. The first-order valence-electron chi connectivity index (χ1n) is 6.71. The fourth-order valence-electron chi connectivity index (χ4n) is 3.91. The monoisotopic (exact) mass is 258 g/mol. The molecule has 98 valence electrons. The molecule has 1 aliphatic heterocycles. The van der Waals surface area contributed by atoms with Crippen LogP contribution in [0.2, 0.25) is 0 Å². The molecule has 4 unspecified atom stereocenters. The number of rotatable bonds is 1. The Morgan fingerprint density at radius 3 is 2.18 bits per heavy atom. The molecule has 0 aromatic heterocycles. The van der Waals surface area contributed by atoms with Crippen LogP contribution in [0.4, 0.5) is 0 Å². The first-order chi connectivity index (χ1) is 7.66. The number of amides is 1. The number of halogens is 1. The fraction of sp³-hybridized carbons (Fsp3) is 0.923. The summed E-state index contributed by atoms with van der Waals surface area (Å²) < 4.78 is 0. The van der Waals surface area contributed by atoms with Gasteiger partial charge in [0, 0.05) is 31.1 Å². The van der Waals surface area contributed by atoms with Crippen molar-refractivity contribution in [2.75, 3.05) is 13.1 Å². The number of hydrogen-bond donors (Lipinski definition) is 1. The van der Waals surface area contributed by atoms with Crippen LogP contribution in [0, 0.1) is 17.8 Å². The molecule has 4 heteroatoms. The number of nitrogens with zero attached hydrogens (tertiary/aromatic N) is 1. The van der Waals surface area contributed by atoms with Gasteiger partial charge >= 0.3 is 0 Å². The van der Waals surface area contributed by atoms with Crippen molar-refractivity contribution in [2.24, 2.45) is 17.8 Å². The summed E-state index contributed by atoms with van der Waals surface area (Å²) in [4.78, 5) is 14.5. The Morgan fingerprint density at radius 1 is 1.12 bits per heavy atom. The molecule has 17 heavy (non-hydrogen) atoms. The van der Waals surface area contributed by atoms with Gasteiger partial charge < -0.3 is 10.2 Å². The third-order valence-corrected chi connectivity index (χ3v) is 4.56. The van der Waals surface area contributed by atoms with E-state index in [1.165, 1.54) is 19.3 Å². The van der Waals surface area contributed by atoms with Crippen molar-refractivity contribution in [1.29, 1.82) is 0 Å². The summed E-state index contributed by atoms with van der Waals surface area (Å²) in [5.74, 6) is 2.38. The van der Waals surface area contributed by atoms with E-state index in [1.807, 2.05) is 0 Å². The Kier molecular flexibility index (Phi) is 3.69. The number of carbonyl (C=O) groups is 1. The largest absolute Gasteiger partial charge is 0.339 e. The van der Waals surface area contributed by atoms with Crippen LogP contribution in [0.5, 0.6) is 0 Å². The van der Waals surface area contributed by atoms with Crippen molar-refractivity contribution in [2.45, 2.75) is 45.2 Å². The normalized spacial score (nSPS) is 43.9. The topological polar surface area (TPSA) is 32.3 Å². The number of hydrogen-bond acceptors (Lipinski definition) is 2. The van der Waals surface area contributed by atoms with Gasteiger partial charge in [0.05, 0.1) is 0 Å². The minimum absolute atomic E-state index is 0. The molecule has 1 heterocycles. The fourth-order valence-corrected chi connectivity index (χ4v) is 3.91. The van der Waals surface area contributed by atoms with Gasteiger partial charge in [-0.15, -0.1) is 12.4 Å². The average Bonchev–Trinajstić information content (AvgIpc) is 2.68. The molecular formula is C13H23ClN2O. The number of carbonyl (C=O) groups excluding carboxylic acids is 1. The molecule has 0 spiro atoms. The van der Waals surface area contributed by atoms with Crippen LogP contribution in [0.1, 0.15) is 33.1 Å². The molecule has 3 rings (SSSR count). The molecule has 4 atom stereocenters. The molecule has 2 saturated carbocycles. The van der Waals surface area contributed by atoms with Gasteiger partial charge in [-0.2, -0.15) is 0 Å². The van der Waals surface area contributed by atoms with Gasteiger partial charge in [-0.05, 0) is 38.5 Å². The van der Waals surface area contributed by atoms with Gasteiger partial charge in [-0.3, -0.25) is 4.79 Å². The summed E-state index contributed by atoms with van der Waals surface area (Å²) in [6.07, 6.45) is 3.96. The van der Waals surface area contributed by atoms with Crippen molar-refractivity contribution in [3.05, 3.63) is 0 Å². The Morgan fingerprint density at radius 2 is 1.65 bits per heavy atom. The summed E-state index contributed by atoms with van der Waals surface area (Å²) in [5.41, 5.74) is 0. The van der Waals surface area contributed by atoms with Crippen LogP contribution < -0.4 is 5.32 Å². The predicted molar refractivity (Wildman–Crippen MR) is 70.2 cm³/mol. The van der Waals surface area contributed by atoms with E-state index in [0.29, 0.717) is 23.9 Å². The van der Waals surface area contributed by atoms with Crippen LogP contribution in [-0.4, -0.2) is 36.0 Å². The van der Waals surface area contributed by atoms with Gasteiger partial charge in [0.15, 0.2) is 0 Å². The van der Waals surface area contributed by atoms with Crippen molar-refractivity contribution in [1.82, 2.24) is 10.2 Å². The quantitative estimate of drug-likeness (QED) is 0.776. The van der Waals surface area contributed by atoms with Crippen molar-refractivity contribution in [3.63, 3.8) is 0 Å². The van der Waals surface area contributed by atoms with Gasteiger partial charge in [-0.25, -0.2) is 0 Å². The lowest BCUT2D eigenvalue weighted by atomic mass is 10.1. The second kappa shape index (κ2) is 4.77. The molecule has 1 saturated heterocycles. The maximum Gasteiger partial charge on any atom is 0.226 e. The zero-order chi connectivity index (χ0) is 11.3. The molecule has 3 nitrogen and oxygen atoms in total. The van der Waals surface area contributed by atoms with Crippen LogP contribution in [0.25, 0.3) is 0 Å². The molecular weight excluding hydrogens is 236 g/mol. The van der Waals surface area contributed by atoms with E-state index in [0.717, 1.165) is 24.9 Å². The predicted octanol–water partition coefficient (Wildman–Crippen LogP) is 1.66. The van der Waals surface area contributed by atoms with Crippen LogP contribution in [-0.2, 0) is 4.79 Å². The Balaban J connectivity index is 0.00000108. The van der Waals surface area contributed by atoms with Gasteiger partial charge in [0.2, 0.25) is 5.91 Å². The molecule has 1 N–H and O–H groups in total. The van der Waals surface area contributed by atoms with E-state index < -0.39 is 0 Å². The molecule has 0 radical (unpaired) electrons. The van der Waals surface area contributed by atoms with E-state index in [4.69, 9.17) is 0 Å². The smallest absolute Gasteiger partial charge is 0.226 e. The zero-order valence-electron chi connectivity index (χ0n) is 10.7.